The summed E-state index contributed by atoms with van der Waals surface area (Å²) < 4.78 is 7.57. The van der Waals surface area contributed by atoms with Crippen LogP contribution in [0.3, 0.4) is 0 Å². The number of benzene rings is 1. The van der Waals surface area contributed by atoms with Crippen molar-refractivity contribution in [1.82, 2.24) is 9.55 Å². The third kappa shape index (κ3) is 1.99. The molecule has 0 radical (unpaired) electrons. The summed E-state index contributed by atoms with van der Waals surface area (Å²) in [6.45, 7) is 6.47. The average molecular weight is 273 g/mol. The Kier molecular flexibility index (Phi) is 3.01. The number of hydrogen-bond donors (Lipinski definition) is 1. The fourth-order valence-electron chi connectivity index (χ4n) is 2.97. The van der Waals surface area contributed by atoms with Gasteiger partial charge in [0.05, 0.1) is 23.7 Å². The van der Waals surface area contributed by atoms with E-state index in [-0.39, 0.29) is 5.54 Å². The first kappa shape index (κ1) is 13.4. The summed E-state index contributed by atoms with van der Waals surface area (Å²) >= 11 is 0. The molecule has 20 heavy (non-hydrogen) atoms. The first-order valence-corrected chi connectivity index (χ1v) is 7.30. The van der Waals surface area contributed by atoms with Gasteiger partial charge in [0.15, 0.2) is 0 Å². The van der Waals surface area contributed by atoms with Crippen LogP contribution in [0.15, 0.2) is 18.2 Å². The topological polar surface area (TPSA) is 53.1 Å². The van der Waals surface area contributed by atoms with E-state index < -0.39 is 0 Å². The van der Waals surface area contributed by atoms with Crippen molar-refractivity contribution >= 4 is 11.0 Å². The molecule has 1 aliphatic rings. The Morgan fingerprint density at radius 1 is 1.40 bits per heavy atom. The lowest BCUT2D eigenvalue weighted by atomic mass is 9.96. The molecule has 0 amide bonds. The smallest absolute Gasteiger partial charge is 0.130 e. The van der Waals surface area contributed by atoms with Crippen LogP contribution >= 0.6 is 0 Å². The monoisotopic (exact) mass is 273 g/mol. The van der Waals surface area contributed by atoms with Crippen LogP contribution in [0.4, 0.5) is 0 Å². The number of ether oxygens (including phenoxy) is 1. The molecule has 1 aromatic heterocycles. The lowest BCUT2D eigenvalue weighted by Gasteiger charge is -2.26. The molecule has 108 valence electrons. The van der Waals surface area contributed by atoms with Crippen molar-refractivity contribution < 1.29 is 4.74 Å². The molecule has 0 bridgehead atoms. The lowest BCUT2D eigenvalue weighted by molar-refractivity contribution is 0.373. The molecule has 0 aliphatic heterocycles. The number of fused-ring (bicyclic) bond motifs is 1. The van der Waals surface area contributed by atoms with Gasteiger partial charge < -0.3 is 15.0 Å². The summed E-state index contributed by atoms with van der Waals surface area (Å²) in [5.41, 5.74) is 8.35. The number of methoxy groups -OCH3 is 1. The molecule has 1 aliphatic carbocycles. The van der Waals surface area contributed by atoms with Crippen LogP contribution in [0.25, 0.3) is 11.0 Å². The van der Waals surface area contributed by atoms with Gasteiger partial charge in [-0.3, -0.25) is 0 Å². The number of hydrogen-bond acceptors (Lipinski definition) is 3. The van der Waals surface area contributed by atoms with Gasteiger partial charge in [0.25, 0.3) is 0 Å². The largest absolute Gasteiger partial charge is 0.497 e. The van der Waals surface area contributed by atoms with E-state index >= 15 is 0 Å². The third-order valence-corrected chi connectivity index (χ3v) is 4.32. The molecule has 1 atom stereocenters. The van der Waals surface area contributed by atoms with Gasteiger partial charge in [0.1, 0.15) is 11.6 Å². The third-order valence-electron chi connectivity index (χ3n) is 4.32. The zero-order chi connectivity index (χ0) is 14.5. The highest BCUT2D eigenvalue weighted by Crippen LogP contribution is 2.44. The summed E-state index contributed by atoms with van der Waals surface area (Å²) in [5, 5.41) is 0. The Morgan fingerprint density at radius 3 is 2.65 bits per heavy atom. The van der Waals surface area contributed by atoms with Gasteiger partial charge in [-0.05, 0) is 51.7 Å². The molecule has 1 aromatic carbocycles. The first-order valence-electron chi connectivity index (χ1n) is 7.30. The number of imidazole rings is 1. The van der Waals surface area contributed by atoms with Crippen LogP contribution in [0, 0.1) is 5.92 Å². The van der Waals surface area contributed by atoms with Crippen molar-refractivity contribution in [3.05, 3.63) is 24.0 Å². The van der Waals surface area contributed by atoms with Crippen LogP contribution in [-0.2, 0) is 5.54 Å². The molecular weight excluding hydrogens is 250 g/mol. The van der Waals surface area contributed by atoms with Crippen LogP contribution in [0.1, 0.15) is 45.5 Å². The molecule has 1 heterocycles. The van der Waals surface area contributed by atoms with E-state index in [1.165, 1.54) is 12.8 Å². The Morgan fingerprint density at radius 2 is 2.10 bits per heavy atom. The van der Waals surface area contributed by atoms with Gasteiger partial charge in [-0.25, -0.2) is 4.98 Å². The van der Waals surface area contributed by atoms with Crippen molar-refractivity contribution in [1.29, 1.82) is 0 Å². The lowest BCUT2D eigenvalue weighted by Crippen LogP contribution is -2.38. The highest BCUT2D eigenvalue weighted by atomic mass is 16.5. The molecule has 1 saturated carbocycles. The predicted octanol–water partition coefficient (Wildman–Crippen LogP) is 3.21. The maximum Gasteiger partial charge on any atom is 0.130 e. The second kappa shape index (κ2) is 4.48. The van der Waals surface area contributed by atoms with Crippen molar-refractivity contribution in [2.75, 3.05) is 7.11 Å². The second-order valence-electron chi connectivity index (χ2n) is 6.31. The van der Waals surface area contributed by atoms with Crippen LogP contribution in [0.5, 0.6) is 5.75 Å². The van der Waals surface area contributed by atoms with Gasteiger partial charge in [-0.2, -0.15) is 0 Å². The van der Waals surface area contributed by atoms with E-state index in [2.05, 4.69) is 31.4 Å². The molecular formula is C16H23N3O. The van der Waals surface area contributed by atoms with Crippen molar-refractivity contribution in [3.63, 3.8) is 0 Å². The molecule has 2 N–H and O–H groups in total. The fourth-order valence-corrected chi connectivity index (χ4v) is 2.97. The van der Waals surface area contributed by atoms with Gasteiger partial charge in [-0.1, -0.05) is 0 Å². The molecule has 1 fully saturated rings. The number of nitrogens with two attached hydrogens (primary N) is 1. The molecule has 2 aromatic rings. The maximum absolute atomic E-state index is 6.60. The summed E-state index contributed by atoms with van der Waals surface area (Å²) in [6, 6.07) is 6.39. The molecule has 4 heteroatoms. The minimum absolute atomic E-state index is 0.338. The highest BCUT2D eigenvalue weighted by molar-refractivity contribution is 5.78. The molecule has 0 spiro atoms. The Labute approximate surface area is 119 Å². The van der Waals surface area contributed by atoms with Gasteiger partial charge in [0, 0.05) is 12.1 Å². The minimum Gasteiger partial charge on any atom is -0.497 e. The normalized spacial score (nSPS) is 18.5. The quantitative estimate of drug-likeness (QED) is 0.930. The van der Waals surface area contributed by atoms with Gasteiger partial charge in [0.2, 0.25) is 0 Å². The van der Waals surface area contributed by atoms with Crippen LogP contribution in [-0.4, -0.2) is 16.7 Å². The Bertz CT molecular complexity index is 638. The van der Waals surface area contributed by atoms with Crippen LogP contribution < -0.4 is 10.5 Å². The van der Waals surface area contributed by atoms with Gasteiger partial charge >= 0.3 is 0 Å². The Hall–Kier alpha value is -1.55. The number of nitrogens with zero attached hydrogens (tertiary/aromatic N) is 2. The van der Waals surface area contributed by atoms with Crippen LogP contribution in [0.2, 0.25) is 0 Å². The molecule has 1 unspecified atom stereocenters. The van der Waals surface area contributed by atoms with E-state index in [9.17, 15) is 0 Å². The van der Waals surface area contributed by atoms with Crippen molar-refractivity contribution in [2.24, 2.45) is 11.7 Å². The van der Waals surface area contributed by atoms with Crippen molar-refractivity contribution in [3.8, 4) is 5.75 Å². The summed E-state index contributed by atoms with van der Waals surface area (Å²) in [6.07, 6.45) is 2.41. The average Bonchev–Trinajstić information content (AvgIpc) is 3.18. The van der Waals surface area contributed by atoms with E-state index in [0.29, 0.717) is 12.0 Å². The number of rotatable bonds is 4. The zero-order valence-electron chi connectivity index (χ0n) is 12.7. The molecule has 3 rings (SSSR count). The molecule has 0 saturated heterocycles. The summed E-state index contributed by atoms with van der Waals surface area (Å²) in [7, 11) is 1.68. The van der Waals surface area contributed by atoms with E-state index in [1.54, 1.807) is 7.11 Å². The fraction of sp³-hybridized carbons (Fsp3) is 0.562. The summed E-state index contributed by atoms with van der Waals surface area (Å²) in [4.78, 5) is 4.83. The van der Waals surface area contributed by atoms with E-state index in [1.807, 2.05) is 12.1 Å². The van der Waals surface area contributed by atoms with E-state index in [0.717, 1.165) is 22.6 Å². The predicted molar refractivity (Wildman–Crippen MR) is 80.9 cm³/mol. The molecule has 4 nitrogen and oxygen atoms in total. The van der Waals surface area contributed by atoms with E-state index in [4.69, 9.17) is 15.5 Å². The Balaban J connectivity index is 2.22. The minimum atomic E-state index is -0.351. The zero-order valence-corrected chi connectivity index (χ0v) is 12.7. The van der Waals surface area contributed by atoms with Crippen molar-refractivity contribution in [2.45, 2.75) is 45.2 Å². The second-order valence-corrected chi connectivity index (χ2v) is 6.31. The number of aromatic nitrogens is 2. The maximum atomic E-state index is 6.60. The van der Waals surface area contributed by atoms with Gasteiger partial charge in [-0.15, -0.1) is 0 Å². The summed E-state index contributed by atoms with van der Waals surface area (Å²) in [5.74, 6) is 2.39. The highest BCUT2D eigenvalue weighted by Gasteiger charge is 2.43. The first-order chi connectivity index (χ1) is 9.45. The standard InChI is InChI=1S/C16H23N3O/c1-10(2)19-14-8-7-12(20-4)9-13(14)18-15(19)16(3,17)11-5-6-11/h7-11H,5-6,17H2,1-4H3. The SMILES string of the molecule is COc1ccc2c(c1)nc(C(C)(N)C1CC1)n2C(C)C.